The molecule has 44 heavy (non-hydrogen) atoms. The summed E-state index contributed by atoms with van der Waals surface area (Å²) < 4.78 is 0. The van der Waals surface area contributed by atoms with E-state index in [9.17, 15) is 0 Å². The van der Waals surface area contributed by atoms with Crippen LogP contribution in [0, 0.1) is 0 Å². The van der Waals surface area contributed by atoms with Crippen molar-refractivity contribution < 1.29 is 0 Å². The van der Waals surface area contributed by atoms with Gasteiger partial charge in [0.05, 0.1) is 5.41 Å². The Morgan fingerprint density at radius 2 is 0.864 bits per heavy atom. The number of nitrogens with zero attached hydrogens (tertiary/aromatic N) is 3. The third kappa shape index (κ3) is 4.24. The number of hydrogen-bond donors (Lipinski definition) is 0. The molecule has 3 nitrogen and oxygen atoms in total. The minimum Gasteiger partial charge on any atom is -0.208 e. The van der Waals surface area contributed by atoms with E-state index in [1.807, 2.05) is 36.4 Å². The number of fused-ring (bicyclic) bond motifs is 3. The van der Waals surface area contributed by atoms with Gasteiger partial charge in [0, 0.05) is 11.1 Å². The van der Waals surface area contributed by atoms with Gasteiger partial charge in [-0.15, -0.1) is 0 Å². The monoisotopic (exact) mass is 583 g/mol. The van der Waals surface area contributed by atoms with Crippen molar-refractivity contribution in [2.24, 2.45) is 0 Å². The molecule has 0 atom stereocenters. The lowest BCUT2D eigenvalue weighted by Gasteiger charge is -2.34. The lowest BCUT2D eigenvalue weighted by atomic mass is 9.67. The fraction of sp³-hybridized carbons (Fsp3) is 0.0250. The van der Waals surface area contributed by atoms with Crippen LogP contribution >= 0.6 is 11.6 Å². The zero-order valence-electron chi connectivity index (χ0n) is 23.7. The summed E-state index contributed by atoms with van der Waals surface area (Å²) in [6, 6.07) is 55.3. The van der Waals surface area contributed by atoms with Crippen LogP contribution in [0.5, 0.6) is 0 Å². The minimum atomic E-state index is -0.506. The number of hydrogen-bond acceptors (Lipinski definition) is 3. The summed E-state index contributed by atoms with van der Waals surface area (Å²) >= 11 is 6.57. The van der Waals surface area contributed by atoms with Crippen LogP contribution in [0.3, 0.4) is 0 Å². The smallest absolute Gasteiger partial charge is 0.208 e. The van der Waals surface area contributed by atoms with E-state index < -0.39 is 5.41 Å². The van der Waals surface area contributed by atoms with Crippen molar-refractivity contribution in [1.29, 1.82) is 0 Å². The van der Waals surface area contributed by atoms with E-state index in [1.54, 1.807) is 0 Å². The first-order valence-electron chi connectivity index (χ1n) is 14.6. The van der Waals surface area contributed by atoms with E-state index in [1.165, 1.54) is 27.8 Å². The topological polar surface area (TPSA) is 38.7 Å². The van der Waals surface area contributed by atoms with E-state index in [-0.39, 0.29) is 5.28 Å². The first-order chi connectivity index (χ1) is 21.7. The van der Waals surface area contributed by atoms with Crippen LogP contribution in [-0.4, -0.2) is 15.0 Å². The summed E-state index contributed by atoms with van der Waals surface area (Å²) in [5.74, 6) is 1.08. The van der Waals surface area contributed by atoms with Gasteiger partial charge in [-0.05, 0) is 68.2 Å². The summed E-state index contributed by atoms with van der Waals surface area (Å²) in [5.41, 5.74) is 10.8. The van der Waals surface area contributed by atoms with Gasteiger partial charge in [-0.25, -0.2) is 4.98 Å². The molecule has 1 aromatic heterocycles. The third-order valence-corrected chi connectivity index (χ3v) is 8.72. The maximum atomic E-state index is 6.57. The number of aromatic nitrogens is 3. The summed E-state index contributed by atoms with van der Waals surface area (Å²) in [6.07, 6.45) is 0. The highest BCUT2D eigenvalue weighted by Gasteiger charge is 2.45. The Kier molecular flexibility index (Phi) is 6.40. The largest absolute Gasteiger partial charge is 0.226 e. The first kappa shape index (κ1) is 26.3. The van der Waals surface area contributed by atoms with Gasteiger partial charge >= 0.3 is 0 Å². The second-order valence-corrected chi connectivity index (χ2v) is 11.3. The predicted molar refractivity (Wildman–Crippen MR) is 178 cm³/mol. The molecule has 0 spiro atoms. The molecule has 0 fully saturated rings. The van der Waals surface area contributed by atoms with Crippen LogP contribution in [0.2, 0.25) is 5.28 Å². The molecule has 0 saturated heterocycles. The predicted octanol–water partition coefficient (Wildman–Crippen LogP) is 9.89. The number of halogens is 1. The molecule has 0 radical (unpaired) electrons. The summed E-state index contributed by atoms with van der Waals surface area (Å²) in [7, 11) is 0. The van der Waals surface area contributed by atoms with E-state index in [0.717, 1.165) is 27.8 Å². The van der Waals surface area contributed by atoms with Crippen molar-refractivity contribution in [2.45, 2.75) is 5.41 Å². The molecule has 1 heterocycles. The quantitative estimate of drug-likeness (QED) is 0.202. The van der Waals surface area contributed by atoms with Crippen LogP contribution in [0.4, 0.5) is 0 Å². The molecule has 0 bridgehead atoms. The maximum Gasteiger partial charge on any atom is 0.226 e. The van der Waals surface area contributed by atoms with Crippen molar-refractivity contribution >= 4 is 11.6 Å². The molecule has 0 unspecified atom stereocenters. The standard InChI is InChI=1S/C40H26ClN3/c41-39-43-37(29-16-11-15-28(25-29)27-13-3-1-4-14-27)42-38(44-39)30-17-12-20-32(26-30)40(31-18-5-2-6-19-31)35-23-9-7-21-33(35)34-22-8-10-24-36(34)40/h1-26H. The van der Waals surface area contributed by atoms with Gasteiger partial charge in [-0.3, -0.25) is 0 Å². The third-order valence-electron chi connectivity index (χ3n) is 8.55. The van der Waals surface area contributed by atoms with Crippen molar-refractivity contribution in [3.05, 3.63) is 185 Å². The molecule has 0 saturated carbocycles. The molecule has 7 aromatic rings. The van der Waals surface area contributed by atoms with Crippen LogP contribution in [0.25, 0.3) is 45.0 Å². The molecule has 0 amide bonds. The summed E-state index contributed by atoms with van der Waals surface area (Å²) in [5, 5.41) is 0.162. The van der Waals surface area contributed by atoms with Crippen molar-refractivity contribution in [1.82, 2.24) is 15.0 Å². The molecule has 0 N–H and O–H groups in total. The highest BCUT2D eigenvalue weighted by molar-refractivity contribution is 6.28. The molecule has 0 aliphatic heterocycles. The highest BCUT2D eigenvalue weighted by Crippen LogP contribution is 2.56. The van der Waals surface area contributed by atoms with Gasteiger partial charge in [0.2, 0.25) is 5.28 Å². The van der Waals surface area contributed by atoms with Gasteiger partial charge in [0.25, 0.3) is 0 Å². The van der Waals surface area contributed by atoms with Gasteiger partial charge in [0.1, 0.15) is 0 Å². The first-order valence-corrected chi connectivity index (χ1v) is 15.0. The molecule has 1 aliphatic carbocycles. The van der Waals surface area contributed by atoms with Gasteiger partial charge in [-0.2, -0.15) is 9.97 Å². The van der Waals surface area contributed by atoms with Crippen LogP contribution in [0.15, 0.2) is 158 Å². The lowest BCUT2D eigenvalue weighted by Crippen LogP contribution is -2.28. The Morgan fingerprint density at radius 3 is 1.52 bits per heavy atom. The van der Waals surface area contributed by atoms with Crippen molar-refractivity contribution in [3.63, 3.8) is 0 Å². The van der Waals surface area contributed by atoms with Crippen molar-refractivity contribution in [3.8, 4) is 45.0 Å². The maximum absolute atomic E-state index is 6.57. The average Bonchev–Trinajstić information content (AvgIpc) is 3.40. The Bertz CT molecular complexity index is 2100. The van der Waals surface area contributed by atoms with Crippen LogP contribution < -0.4 is 0 Å². The lowest BCUT2D eigenvalue weighted by molar-refractivity contribution is 0.768. The Balaban J connectivity index is 1.30. The fourth-order valence-electron chi connectivity index (χ4n) is 6.68. The second-order valence-electron chi connectivity index (χ2n) is 11.0. The van der Waals surface area contributed by atoms with E-state index in [2.05, 4.69) is 131 Å². The summed E-state index contributed by atoms with van der Waals surface area (Å²) in [6.45, 7) is 0. The SMILES string of the molecule is Clc1nc(-c2cccc(-c3ccccc3)c2)nc(-c2cccc(C3(c4ccccc4)c4ccccc4-c4ccccc43)c2)n1. The molecule has 208 valence electrons. The zero-order chi connectivity index (χ0) is 29.5. The summed E-state index contributed by atoms with van der Waals surface area (Å²) in [4.78, 5) is 14.1. The Hall–Kier alpha value is -5.38. The Labute approximate surface area is 261 Å². The number of rotatable bonds is 5. The van der Waals surface area contributed by atoms with Gasteiger partial charge in [0.15, 0.2) is 11.6 Å². The second kappa shape index (κ2) is 10.7. The van der Waals surface area contributed by atoms with Crippen molar-refractivity contribution in [2.75, 3.05) is 0 Å². The van der Waals surface area contributed by atoms with Crippen LogP contribution in [-0.2, 0) is 5.41 Å². The van der Waals surface area contributed by atoms with Gasteiger partial charge < -0.3 is 0 Å². The molecule has 6 aromatic carbocycles. The molecular weight excluding hydrogens is 558 g/mol. The highest BCUT2D eigenvalue weighted by atomic mass is 35.5. The Morgan fingerprint density at radius 1 is 0.386 bits per heavy atom. The van der Waals surface area contributed by atoms with Gasteiger partial charge in [-0.1, -0.05) is 146 Å². The number of benzene rings is 6. The minimum absolute atomic E-state index is 0.162. The van der Waals surface area contributed by atoms with E-state index >= 15 is 0 Å². The zero-order valence-corrected chi connectivity index (χ0v) is 24.5. The molecule has 1 aliphatic rings. The van der Waals surface area contributed by atoms with Crippen LogP contribution in [0.1, 0.15) is 22.3 Å². The molecular formula is C40H26ClN3. The fourth-order valence-corrected chi connectivity index (χ4v) is 6.84. The average molecular weight is 584 g/mol. The molecule has 4 heteroatoms. The van der Waals surface area contributed by atoms with E-state index in [4.69, 9.17) is 16.6 Å². The molecule has 8 rings (SSSR count). The van der Waals surface area contributed by atoms with E-state index in [0.29, 0.717) is 11.6 Å². The normalized spacial score (nSPS) is 12.8.